The van der Waals surface area contributed by atoms with E-state index < -0.39 is 11.7 Å². The number of ether oxygens (including phenoxy) is 1. The van der Waals surface area contributed by atoms with Gasteiger partial charge >= 0.3 is 6.18 Å². The zero-order valence-corrected chi connectivity index (χ0v) is 9.05. The minimum absolute atomic E-state index is 0.189. The Morgan fingerprint density at radius 1 is 1.35 bits per heavy atom. The van der Waals surface area contributed by atoms with Gasteiger partial charge in [0.25, 0.3) is 0 Å². The Bertz CT molecular complexity index is 400. The lowest BCUT2D eigenvalue weighted by molar-refractivity contribution is -0.139. The van der Waals surface area contributed by atoms with E-state index in [1.165, 1.54) is 12.1 Å². The maximum absolute atomic E-state index is 12.7. The van der Waals surface area contributed by atoms with Crippen LogP contribution in [0.1, 0.15) is 12.0 Å². The van der Waals surface area contributed by atoms with E-state index in [-0.39, 0.29) is 17.5 Å². The average molecular weight is 246 g/mol. The molecular weight excluding hydrogens is 233 g/mol. The maximum atomic E-state index is 12.7. The molecule has 0 bridgehead atoms. The molecule has 1 unspecified atom stereocenters. The highest BCUT2D eigenvalue weighted by Crippen LogP contribution is 2.37. The lowest BCUT2D eigenvalue weighted by atomic mass is 10.1. The topological polar surface area (TPSA) is 47.3 Å². The van der Waals surface area contributed by atoms with Gasteiger partial charge < -0.3 is 15.8 Å². The first-order valence-electron chi connectivity index (χ1n) is 5.31. The van der Waals surface area contributed by atoms with Crippen molar-refractivity contribution in [1.29, 1.82) is 0 Å². The van der Waals surface area contributed by atoms with Gasteiger partial charge in [-0.2, -0.15) is 13.2 Å². The summed E-state index contributed by atoms with van der Waals surface area (Å²) < 4.78 is 43.5. The van der Waals surface area contributed by atoms with Crippen LogP contribution in [0.5, 0.6) is 5.75 Å². The third-order valence-electron chi connectivity index (χ3n) is 2.62. The predicted octanol–water partition coefficient (Wildman–Crippen LogP) is 2.03. The molecule has 1 aromatic rings. The van der Waals surface area contributed by atoms with Gasteiger partial charge in [0.15, 0.2) is 0 Å². The number of nitrogens with two attached hydrogens (primary N) is 1. The molecule has 1 aliphatic rings. The summed E-state index contributed by atoms with van der Waals surface area (Å²) in [5.41, 5.74) is 4.97. The highest BCUT2D eigenvalue weighted by atomic mass is 19.4. The van der Waals surface area contributed by atoms with Gasteiger partial charge in [0.1, 0.15) is 11.9 Å². The fraction of sp³-hybridized carbons (Fsp3) is 0.455. The van der Waals surface area contributed by atoms with Crippen molar-refractivity contribution in [3.63, 3.8) is 0 Å². The highest BCUT2D eigenvalue weighted by Gasteiger charge is 2.35. The van der Waals surface area contributed by atoms with Gasteiger partial charge in [0.05, 0.1) is 5.56 Å². The van der Waals surface area contributed by atoms with E-state index in [0.29, 0.717) is 13.0 Å². The second kappa shape index (κ2) is 4.44. The molecule has 1 aliphatic heterocycles. The molecule has 0 amide bonds. The van der Waals surface area contributed by atoms with Crippen LogP contribution in [0.4, 0.5) is 18.9 Å². The molecule has 1 atom stereocenters. The van der Waals surface area contributed by atoms with Crippen molar-refractivity contribution in [2.24, 2.45) is 0 Å². The Balaban J connectivity index is 2.26. The van der Waals surface area contributed by atoms with Crippen LogP contribution in [0.15, 0.2) is 18.2 Å². The Kier molecular flexibility index (Phi) is 3.15. The zero-order chi connectivity index (χ0) is 12.5. The molecule has 1 aromatic carbocycles. The van der Waals surface area contributed by atoms with Crippen molar-refractivity contribution in [3.05, 3.63) is 23.8 Å². The summed E-state index contributed by atoms with van der Waals surface area (Å²) in [6.07, 6.45) is -3.95. The van der Waals surface area contributed by atoms with E-state index in [9.17, 15) is 13.2 Å². The first-order valence-corrected chi connectivity index (χ1v) is 5.31. The number of alkyl halides is 3. The molecule has 3 nitrogen and oxygen atoms in total. The molecule has 94 valence electrons. The lowest BCUT2D eigenvalue weighted by Gasteiger charge is -2.18. The summed E-state index contributed by atoms with van der Waals surface area (Å²) in [7, 11) is 0. The molecule has 1 saturated heterocycles. The molecule has 1 fully saturated rings. The third-order valence-corrected chi connectivity index (χ3v) is 2.62. The Morgan fingerprint density at radius 3 is 2.71 bits per heavy atom. The smallest absolute Gasteiger partial charge is 0.419 e. The Hall–Kier alpha value is -1.43. The van der Waals surface area contributed by atoms with Crippen LogP contribution in [0.25, 0.3) is 0 Å². The van der Waals surface area contributed by atoms with Crippen molar-refractivity contribution >= 4 is 5.69 Å². The zero-order valence-electron chi connectivity index (χ0n) is 9.05. The number of nitrogens with one attached hydrogen (secondary N) is 1. The van der Waals surface area contributed by atoms with Gasteiger partial charge in [-0.05, 0) is 25.1 Å². The second-order valence-electron chi connectivity index (χ2n) is 3.99. The highest BCUT2D eigenvalue weighted by molar-refractivity contribution is 5.49. The number of halogens is 3. The van der Waals surface area contributed by atoms with Gasteiger partial charge in [0, 0.05) is 18.3 Å². The number of rotatable bonds is 2. The van der Waals surface area contributed by atoms with E-state index in [4.69, 9.17) is 10.5 Å². The van der Waals surface area contributed by atoms with Crippen LogP contribution in [-0.2, 0) is 6.18 Å². The normalized spacial score (nSPS) is 20.5. The Labute approximate surface area is 96.8 Å². The van der Waals surface area contributed by atoms with Crippen molar-refractivity contribution in [2.75, 3.05) is 18.8 Å². The monoisotopic (exact) mass is 246 g/mol. The van der Waals surface area contributed by atoms with E-state index in [1.807, 2.05) is 0 Å². The standard InChI is InChI=1S/C11H13F3N2O/c12-11(13,14)9-2-1-7(15)5-10(9)17-8-3-4-16-6-8/h1-2,5,8,16H,3-4,6,15H2. The summed E-state index contributed by atoms with van der Waals surface area (Å²) in [6.45, 7) is 1.32. The fourth-order valence-corrected chi connectivity index (χ4v) is 1.78. The summed E-state index contributed by atoms with van der Waals surface area (Å²) in [5.74, 6) is -0.189. The first-order chi connectivity index (χ1) is 7.97. The molecule has 0 radical (unpaired) electrons. The van der Waals surface area contributed by atoms with Crippen LogP contribution >= 0.6 is 0 Å². The number of hydrogen-bond donors (Lipinski definition) is 2. The van der Waals surface area contributed by atoms with Gasteiger partial charge in [-0.1, -0.05) is 0 Å². The van der Waals surface area contributed by atoms with Crippen molar-refractivity contribution in [1.82, 2.24) is 5.32 Å². The number of benzene rings is 1. The molecule has 2 rings (SSSR count). The van der Waals surface area contributed by atoms with Crippen LogP contribution in [-0.4, -0.2) is 19.2 Å². The molecule has 6 heteroatoms. The van der Waals surface area contributed by atoms with Gasteiger partial charge in [-0.25, -0.2) is 0 Å². The molecule has 0 aromatic heterocycles. The summed E-state index contributed by atoms with van der Waals surface area (Å²) >= 11 is 0. The van der Waals surface area contributed by atoms with Crippen LogP contribution in [0, 0.1) is 0 Å². The molecule has 0 aliphatic carbocycles. The van der Waals surface area contributed by atoms with Gasteiger partial charge in [-0.15, -0.1) is 0 Å². The molecule has 0 saturated carbocycles. The number of nitrogen functional groups attached to an aromatic ring is 1. The van der Waals surface area contributed by atoms with E-state index in [0.717, 1.165) is 12.6 Å². The van der Waals surface area contributed by atoms with Crippen molar-refractivity contribution < 1.29 is 17.9 Å². The van der Waals surface area contributed by atoms with Crippen LogP contribution < -0.4 is 15.8 Å². The molecule has 3 N–H and O–H groups in total. The van der Waals surface area contributed by atoms with E-state index >= 15 is 0 Å². The van der Waals surface area contributed by atoms with E-state index in [1.54, 1.807) is 0 Å². The Morgan fingerprint density at radius 2 is 2.12 bits per heavy atom. The van der Waals surface area contributed by atoms with Crippen LogP contribution in [0.3, 0.4) is 0 Å². The molecule has 1 heterocycles. The number of hydrogen-bond acceptors (Lipinski definition) is 3. The predicted molar refractivity (Wildman–Crippen MR) is 57.8 cm³/mol. The quantitative estimate of drug-likeness (QED) is 0.785. The minimum atomic E-state index is -4.42. The minimum Gasteiger partial charge on any atom is -0.488 e. The average Bonchev–Trinajstić information content (AvgIpc) is 2.68. The molecular formula is C11H13F3N2O. The maximum Gasteiger partial charge on any atom is 0.419 e. The third kappa shape index (κ3) is 2.82. The van der Waals surface area contributed by atoms with Gasteiger partial charge in [0.2, 0.25) is 0 Å². The summed E-state index contributed by atoms with van der Waals surface area (Å²) in [5, 5.41) is 3.03. The SMILES string of the molecule is Nc1ccc(C(F)(F)F)c(OC2CCNC2)c1. The van der Waals surface area contributed by atoms with E-state index in [2.05, 4.69) is 5.32 Å². The largest absolute Gasteiger partial charge is 0.488 e. The number of anilines is 1. The molecule has 17 heavy (non-hydrogen) atoms. The summed E-state index contributed by atoms with van der Waals surface area (Å²) in [6, 6.07) is 3.40. The summed E-state index contributed by atoms with van der Waals surface area (Å²) in [4.78, 5) is 0. The fourth-order valence-electron chi connectivity index (χ4n) is 1.78. The van der Waals surface area contributed by atoms with Crippen molar-refractivity contribution in [2.45, 2.75) is 18.7 Å². The first kappa shape index (κ1) is 12.0. The van der Waals surface area contributed by atoms with Gasteiger partial charge in [-0.3, -0.25) is 0 Å². The van der Waals surface area contributed by atoms with Crippen molar-refractivity contribution in [3.8, 4) is 5.75 Å². The van der Waals surface area contributed by atoms with Crippen LogP contribution in [0.2, 0.25) is 0 Å². The second-order valence-corrected chi connectivity index (χ2v) is 3.99. The molecule has 0 spiro atoms. The lowest BCUT2D eigenvalue weighted by Crippen LogP contribution is -2.21.